The van der Waals surface area contributed by atoms with Gasteiger partial charge in [0.25, 0.3) is 0 Å². The molecule has 0 unspecified atom stereocenters. The van der Waals surface area contributed by atoms with E-state index in [2.05, 4.69) is 36.9 Å². The topological polar surface area (TPSA) is 98.5 Å². The molecule has 0 aliphatic heterocycles. The number of rotatable bonds is 5. The average Bonchev–Trinajstić information content (AvgIpc) is 3.26. The van der Waals surface area contributed by atoms with Crippen molar-refractivity contribution in [2.45, 2.75) is 5.16 Å². The fourth-order valence-corrected chi connectivity index (χ4v) is 3.80. The smallest absolute Gasteiger partial charge is 0.234 e. The lowest BCUT2D eigenvalue weighted by Crippen LogP contribution is -2.14. The van der Waals surface area contributed by atoms with E-state index in [0.29, 0.717) is 10.8 Å². The summed E-state index contributed by atoms with van der Waals surface area (Å²) >= 11 is 1.27. The molecule has 0 spiro atoms. The quantitative estimate of drug-likeness (QED) is 0.440. The second kappa shape index (κ2) is 7.88. The maximum Gasteiger partial charge on any atom is 0.234 e. The van der Waals surface area contributed by atoms with Gasteiger partial charge in [0.15, 0.2) is 0 Å². The van der Waals surface area contributed by atoms with Crippen molar-refractivity contribution in [1.29, 1.82) is 0 Å². The van der Waals surface area contributed by atoms with Gasteiger partial charge in [0.05, 0.1) is 22.5 Å². The van der Waals surface area contributed by atoms with Crippen LogP contribution in [0, 0.1) is 0 Å². The van der Waals surface area contributed by atoms with Crippen LogP contribution in [0.3, 0.4) is 0 Å². The molecule has 1 amide bonds. The standard InChI is InChI=1S/C21H15N7OS/c29-20(24-16-6-8-18-19(12-16)23-10-9-22-18)13-30-21-25-26-27-28(21)17-7-5-14-3-1-2-4-15(14)11-17/h1-12H,13H2,(H,24,29). The molecule has 8 nitrogen and oxygen atoms in total. The third-order valence-corrected chi connectivity index (χ3v) is 5.42. The highest BCUT2D eigenvalue weighted by Crippen LogP contribution is 2.22. The molecule has 0 atom stereocenters. The van der Waals surface area contributed by atoms with Gasteiger partial charge in [-0.3, -0.25) is 14.8 Å². The number of nitrogens with one attached hydrogen (secondary N) is 1. The summed E-state index contributed by atoms with van der Waals surface area (Å²) in [6, 6.07) is 19.5. The van der Waals surface area contributed by atoms with Crippen molar-refractivity contribution in [2.24, 2.45) is 0 Å². The molecule has 5 aromatic rings. The fraction of sp³-hybridized carbons (Fsp3) is 0.0476. The van der Waals surface area contributed by atoms with Gasteiger partial charge < -0.3 is 5.32 Å². The van der Waals surface area contributed by atoms with Gasteiger partial charge in [-0.25, -0.2) is 0 Å². The van der Waals surface area contributed by atoms with Crippen LogP contribution in [0.25, 0.3) is 27.5 Å². The number of fused-ring (bicyclic) bond motifs is 2. The Morgan fingerprint density at radius 1 is 0.933 bits per heavy atom. The lowest BCUT2D eigenvalue weighted by molar-refractivity contribution is -0.113. The Balaban J connectivity index is 1.29. The van der Waals surface area contributed by atoms with Gasteiger partial charge in [0, 0.05) is 18.1 Å². The Hall–Kier alpha value is -3.85. The number of anilines is 1. The largest absolute Gasteiger partial charge is 0.325 e. The summed E-state index contributed by atoms with van der Waals surface area (Å²) in [5.41, 5.74) is 3.01. The Labute approximate surface area is 175 Å². The summed E-state index contributed by atoms with van der Waals surface area (Å²) in [6.45, 7) is 0. The minimum atomic E-state index is -0.156. The molecular weight excluding hydrogens is 398 g/mol. The van der Waals surface area contributed by atoms with Crippen molar-refractivity contribution < 1.29 is 4.79 Å². The molecule has 5 rings (SSSR count). The average molecular weight is 413 g/mol. The summed E-state index contributed by atoms with van der Waals surface area (Å²) < 4.78 is 1.63. The third-order valence-electron chi connectivity index (χ3n) is 4.50. The van der Waals surface area contributed by atoms with E-state index in [1.165, 1.54) is 11.8 Å². The number of amides is 1. The van der Waals surface area contributed by atoms with E-state index in [9.17, 15) is 4.79 Å². The van der Waals surface area contributed by atoms with Crippen LogP contribution in [0.5, 0.6) is 0 Å². The van der Waals surface area contributed by atoms with Crippen molar-refractivity contribution in [3.05, 3.63) is 73.1 Å². The van der Waals surface area contributed by atoms with E-state index >= 15 is 0 Å². The van der Waals surface area contributed by atoms with Crippen LogP contribution in [-0.2, 0) is 4.79 Å². The zero-order valence-corrected chi connectivity index (χ0v) is 16.5. The summed E-state index contributed by atoms with van der Waals surface area (Å²) in [5.74, 6) is 0.0169. The number of tetrazole rings is 1. The molecule has 0 bridgehead atoms. The molecule has 2 aromatic heterocycles. The van der Waals surface area contributed by atoms with Crippen LogP contribution in [0.2, 0.25) is 0 Å². The predicted octanol–water partition coefficient (Wildman–Crippen LogP) is 3.49. The maximum atomic E-state index is 12.4. The van der Waals surface area contributed by atoms with Crippen molar-refractivity contribution in [1.82, 2.24) is 30.2 Å². The molecule has 9 heteroatoms. The van der Waals surface area contributed by atoms with Crippen LogP contribution >= 0.6 is 11.8 Å². The molecule has 0 fully saturated rings. The monoisotopic (exact) mass is 413 g/mol. The predicted molar refractivity (Wildman–Crippen MR) is 116 cm³/mol. The first-order valence-electron chi connectivity index (χ1n) is 9.17. The molecule has 3 aromatic carbocycles. The first kappa shape index (κ1) is 18.2. The number of hydrogen-bond acceptors (Lipinski definition) is 7. The Kier molecular flexibility index (Phi) is 4.78. The lowest BCUT2D eigenvalue weighted by atomic mass is 10.1. The van der Waals surface area contributed by atoms with Gasteiger partial charge in [-0.05, 0) is 51.5 Å². The molecule has 2 heterocycles. The van der Waals surface area contributed by atoms with Gasteiger partial charge in [0.2, 0.25) is 11.1 Å². The molecule has 0 aliphatic carbocycles. The van der Waals surface area contributed by atoms with Crippen LogP contribution in [-0.4, -0.2) is 41.8 Å². The highest BCUT2D eigenvalue weighted by atomic mass is 32.2. The van der Waals surface area contributed by atoms with Crippen molar-refractivity contribution in [3.8, 4) is 5.69 Å². The Morgan fingerprint density at radius 2 is 1.77 bits per heavy atom. The van der Waals surface area contributed by atoms with Crippen LogP contribution in [0.15, 0.2) is 78.2 Å². The molecule has 146 valence electrons. The SMILES string of the molecule is O=C(CSc1nnnn1-c1ccc2ccccc2c1)Nc1ccc2nccnc2c1. The summed E-state index contributed by atoms with van der Waals surface area (Å²) in [4.78, 5) is 20.9. The number of hydrogen-bond donors (Lipinski definition) is 1. The van der Waals surface area contributed by atoms with E-state index < -0.39 is 0 Å². The first-order valence-corrected chi connectivity index (χ1v) is 10.2. The summed E-state index contributed by atoms with van der Waals surface area (Å²) in [6.07, 6.45) is 3.26. The van der Waals surface area contributed by atoms with Gasteiger partial charge in [-0.1, -0.05) is 42.1 Å². The number of nitrogens with zero attached hydrogens (tertiary/aromatic N) is 6. The van der Waals surface area contributed by atoms with E-state index in [1.54, 1.807) is 29.2 Å². The maximum absolute atomic E-state index is 12.4. The van der Waals surface area contributed by atoms with E-state index in [-0.39, 0.29) is 11.7 Å². The van der Waals surface area contributed by atoms with Crippen LogP contribution < -0.4 is 5.32 Å². The zero-order valence-electron chi connectivity index (χ0n) is 15.6. The summed E-state index contributed by atoms with van der Waals surface area (Å²) in [5, 5.41) is 17.6. The number of carbonyl (C=O) groups is 1. The van der Waals surface area contributed by atoms with E-state index in [4.69, 9.17) is 0 Å². The minimum absolute atomic E-state index is 0.156. The molecule has 30 heavy (non-hydrogen) atoms. The van der Waals surface area contributed by atoms with Gasteiger partial charge in [-0.2, -0.15) is 4.68 Å². The highest BCUT2D eigenvalue weighted by molar-refractivity contribution is 7.99. The van der Waals surface area contributed by atoms with Crippen molar-refractivity contribution in [3.63, 3.8) is 0 Å². The van der Waals surface area contributed by atoms with Crippen molar-refractivity contribution in [2.75, 3.05) is 11.1 Å². The minimum Gasteiger partial charge on any atom is -0.325 e. The van der Waals surface area contributed by atoms with E-state index in [0.717, 1.165) is 27.5 Å². The molecule has 1 N–H and O–H groups in total. The normalized spacial score (nSPS) is 11.1. The third kappa shape index (κ3) is 3.70. The lowest BCUT2D eigenvalue weighted by Gasteiger charge is -2.07. The van der Waals surface area contributed by atoms with E-state index in [1.807, 2.05) is 42.5 Å². The number of thioether (sulfide) groups is 1. The number of aromatic nitrogens is 6. The zero-order chi connectivity index (χ0) is 20.3. The van der Waals surface area contributed by atoms with Crippen molar-refractivity contribution >= 4 is 45.2 Å². The van der Waals surface area contributed by atoms with Crippen LogP contribution in [0.1, 0.15) is 0 Å². The highest BCUT2D eigenvalue weighted by Gasteiger charge is 2.12. The molecule has 0 aliphatic rings. The summed E-state index contributed by atoms with van der Waals surface area (Å²) in [7, 11) is 0. The second-order valence-corrected chi connectivity index (χ2v) is 7.44. The molecule has 0 saturated heterocycles. The molecule has 0 saturated carbocycles. The number of benzene rings is 3. The molecular formula is C21H15N7OS. The first-order chi connectivity index (χ1) is 14.8. The Morgan fingerprint density at radius 3 is 2.67 bits per heavy atom. The molecule has 0 radical (unpaired) electrons. The van der Waals surface area contributed by atoms with Gasteiger partial charge in [-0.15, -0.1) is 5.10 Å². The fourth-order valence-electron chi connectivity index (χ4n) is 3.11. The second-order valence-electron chi connectivity index (χ2n) is 6.50. The van der Waals surface area contributed by atoms with Gasteiger partial charge in [0.1, 0.15) is 0 Å². The number of carbonyl (C=O) groups excluding carboxylic acids is 1. The van der Waals surface area contributed by atoms with Crippen LogP contribution in [0.4, 0.5) is 5.69 Å². The van der Waals surface area contributed by atoms with Gasteiger partial charge >= 0.3 is 0 Å². The Bertz CT molecular complexity index is 1370.